The van der Waals surface area contributed by atoms with Gasteiger partial charge in [-0.1, -0.05) is 24.2 Å². The molecule has 3 rings (SSSR count). The van der Waals surface area contributed by atoms with Crippen molar-refractivity contribution in [3.05, 3.63) is 28.6 Å². The van der Waals surface area contributed by atoms with Crippen LogP contribution < -0.4 is 4.80 Å². The molecule has 1 aliphatic rings. The van der Waals surface area contributed by atoms with Gasteiger partial charge in [0.05, 0.1) is 33.9 Å². The molecule has 2 amide bonds. The van der Waals surface area contributed by atoms with Crippen molar-refractivity contribution in [3.63, 3.8) is 0 Å². The fourth-order valence-corrected chi connectivity index (χ4v) is 5.13. The zero-order valence-electron chi connectivity index (χ0n) is 17.4. The van der Waals surface area contributed by atoms with E-state index >= 15 is 0 Å². The number of nitrogens with zero attached hydrogens (tertiary/aromatic N) is 3. The van der Waals surface area contributed by atoms with E-state index in [2.05, 4.69) is 4.99 Å². The first kappa shape index (κ1) is 22.6. The van der Waals surface area contributed by atoms with Crippen LogP contribution in [0.15, 0.2) is 23.2 Å². The third-order valence-electron chi connectivity index (χ3n) is 4.95. The number of ether oxygens (including phenoxy) is 1. The number of likely N-dealkylation sites (tertiary alicyclic amines) is 1. The molecule has 1 aromatic heterocycles. The number of esters is 1. The summed E-state index contributed by atoms with van der Waals surface area (Å²) in [5, 5.41) is 0. The molecule has 0 radical (unpaired) electrons. The van der Waals surface area contributed by atoms with Gasteiger partial charge in [-0.3, -0.25) is 9.59 Å². The van der Waals surface area contributed by atoms with Crippen LogP contribution in [0.4, 0.5) is 0 Å². The van der Waals surface area contributed by atoms with Crippen molar-refractivity contribution in [2.24, 2.45) is 12.0 Å². The number of thiazole rings is 1. The van der Waals surface area contributed by atoms with Gasteiger partial charge in [-0.2, -0.15) is 4.99 Å². The Balaban J connectivity index is 1.62. The first-order chi connectivity index (χ1) is 14.5. The number of rotatable bonds is 6. The van der Waals surface area contributed by atoms with Crippen LogP contribution in [0.2, 0.25) is 0 Å². The van der Waals surface area contributed by atoms with E-state index in [1.54, 1.807) is 19.1 Å². The second-order valence-electron chi connectivity index (χ2n) is 7.14. The van der Waals surface area contributed by atoms with Crippen LogP contribution in [0.5, 0.6) is 0 Å². The van der Waals surface area contributed by atoms with Gasteiger partial charge in [0, 0.05) is 20.1 Å². The van der Waals surface area contributed by atoms with Crippen LogP contribution >= 0.6 is 23.1 Å². The Morgan fingerprint density at radius 3 is 2.57 bits per heavy atom. The quantitative estimate of drug-likeness (QED) is 0.634. The molecule has 2 aromatic rings. The van der Waals surface area contributed by atoms with Crippen molar-refractivity contribution < 1.29 is 19.1 Å². The first-order valence-corrected chi connectivity index (χ1v) is 12.2. The number of hydrogen-bond acceptors (Lipinski definition) is 6. The molecule has 0 saturated carbocycles. The van der Waals surface area contributed by atoms with Gasteiger partial charge in [0.25, 0.3) is 5.91 Å². The predicted octanol–water partition coefficient (Wildman–Crippen LogP) is 2.98. The monoisotopic (exact) mass is 449 g/mol. The summed E-state index contributed by atoms with van der Waals surface area (Å²) in [6.07, 6.45) is 4.49. The number of benzene rings is 1. The Hall–Kier alpha value is -2.13. The molecule has 162 valence electrons. The molecule has 1 aliphatic heterocycles. The number of aromatic nitrogens is 1. The van der Waals surface area contributed by atoms with E-state index in [4.69, 9.17) is 4.74 Å². The minimum absolute atomic E-state index is 0.105. The molecule has 30 heavy (non-hydrogen) atoms. The second kappa shape index (κ2) is 10.8. The zero-order valence-corrected chi connectivity index (χ0v) is 19.0. The minimum atomic E-state index is -0.365. The molecule has 1 aromatic carbocycles. The molecule has 1 saturated heterocycles. The first-order valence-electron chi connectivity index (χ1n) is 10.2. The van der Waals surface area contributed by atoms with Crippen LogP contribution in [0.3, 0.4) is 0 Å². The average Bonchev–Trinajstić information content (AvgIpc) is 2.91. The van der Waals surface area contributed by atoms with Crippen LogP contribution in [-0.4, -0.2) is 58.5 Å². The summed E-state index contributed by atoms with van der Waals surface area (Å²) >= 11 is 2.66. The van der Waals surface area contributed by atoms with E-state index < -0.39 is 0 Å². The Morgan fingerprint density at radius 2 is 1.87 bits per heavy atom. The Bertz CT molecular complexity index is 988. The molecule has 9 heteroatoms. The number of carbonyl (C=O) groups is 3. The molecule has 0 bridgehead atoms. The number of hydrogen-bond donors (Lipinski definition) is 0. The van der Waals surface area contributed by atoms with Gasteiger partial charge < -0.3 is 14.2 Å². The SMILES string of the molecule is CCOC(=O)c1ccc2c(c1)sc(=NC(=O)CSCC(=O)N1CCCCCC1)n2C. The normalized spacial score (nSPS) is 15.3. The topological polar surface area (TPSA) is 81.0 Å². The summed E-state index contributed by atoms with van der Waals surface area (Å²) in [5.41, 5.74) is 1.37. The van der Waals surface area contributed by atoms with Crippen molar-refractivity contribution in [3.8, 4) is 0 Å². The second-order valence-corrected chi connectivity index (χ2v) is 9.13. The highest BCUT2D eigenvalue weighted by molar-refractivity contribution is 8.00. The van der Waals surface area contributed by atoms with Gasteiger partial charge in [-0.15, -0.1) is 11.8 Å². The molecule has 7 nitrogen and oxygen atoms in total. The molecule has 1 fully saturated rings. The largest absolute Gasteiger partial charge is 0.462 e. The van der Waals surface area contributed by atoms with Gasteiger partial charge in [0.2, 0.25) is 5.91 Å². The molecular weight excluding hydrogens is 422 g/mol. The fourth-order valence-electron chi connectivity index (χ4n) is 3.36. The minimum Gasteiger partial charge on any atom is -0.462 e. The fraction of sp³-hybridized carbons (Fsp3) is 0.524. The highest BCUT2D eigenvalue weighted by Gasteiger charge is 2.16. The van der Waals surface area contributed by atoms with Gasteiger partial charge in [0.15, 0.2) is 4.80 Å². The number of fused-ring (bicyclic) bond motifs is 1. The zero-order chi connectivity index (χ0) is 21.5. The van der Waals surface area contributed by atoms with Gasteiger partial charge >= 0.3 is 5.97 Å². The van der Waals surface area contributed by atoms with Crippen LogP contribution in [0.25, 0.3) is 10.2 Å². The van der Waals surface area contributed by atoms with E-state index in [9.17, 15) is 14.4 Å². The van der Waals surface area contributed by atoms with Gasteiger partial charge in [0.1, 0.15) is 0 Å². The average molecular weight is 450 g/mol. The van der Waals surface area contributed by atoms with Crippen molar-refractivity contribution >= 4 is 51.1 Å². The predicted molar refractivity (Wildman–Crippen MR) is 120 cm³/mol. The number of thioether (sulfide) groups is 1. The lowest BCUT2D eigenvalue weighted by Crippen LogP contribution is -2.33. The van der Waals surface area contributed by atoms with E-state index in [-0.39, 0.29) is 23.5 Å². The molecule has 0 unspecified atom stereocenters. The summed E-state index contributed by atoms with van der Waals surface area (Å²) in [5.74, 6) is -0.0505. The molecule has 0 aliphatic carbocycles. The lowest BCUT2D eigenvalue weighted by atomic mass is 10.2. The number of amides is 2. The third-order valence-corrected chi connectivity index (χ3v) is 6.95. The van der Waals surface area contributed by atoms with Gasteiger partial charge in [-0.05, 0) is 38.0 Å². The highest BCUT2D eigenvalue weighted by Crippen LogP contribution is 2.19. The van der Waals surface area contributed by atoms with Crippen molar-refractivity contribution in [1.29, 1.82) is 0 Å². The Labute approximate surface area is 184 Å². The summed E-state index contributed by atoms with van der Waals surface area (Å²) in [4.78, 5) is 43.3. The van der Waals surface area contributed by atoms with Crippen LogP contribution in [0, 0.1) is 0 Å². The van der Waals surface area contributed by atoms with E-state index in [0.717, 1.165) is 36.1 Å². The standard InChI is InChI=1S/C21H27N3O4S2/c1-3-28-20(27)15-8-9-16-17(12-15)30-21(23(16)2)22-18(25)13-29-14-19(26)24-10-6-4-5-7-11-24/h8-9,12H,3-7,10-11,13-14H2,1-2H3. The van der Waals surface area contributed by atoms with Crippen molar-refractivity contribution in [2.45, 2.75) is 32.6 Å². The van der Waals surface area contributed by atoms with Gasteiger partial charge in [-0.25, -0.2) is 4.79 Å². The summed E-state index contributed by atoms with van der Waals surface area (Å²) in [6, 6.07) is 5.30. The summed E-state index contributed by atoms with van der Waals surface area (Å²) in [7, 11) is 1.84. The smallest absolute Gasteiger partial charge is 0.338 e. The molecule has 0 atom stereocenters. The molecule has 2 heterocycles. The Kier molecular flexibility index (Phi) is 8.09. The van der Waals surface area contributed by atoms with E-state index in [1.165, 1.54) is 35.9 Å². The van der Waals surface area contributed by atoms with Crippen molar-refractivity contribution in [2.75, 3.05) is 31.2 Å². The molecular formula is C21H27N3O4S2. The number of carbonyl (C=O) groups excluding carboxylic acids is 3. The maximum absolute atomic E-state index is 12.3. The maximum Gasteiger partial charge on any atom is 0.338 e. The van der Waals surface area contributed by atoms with Crippen molar-refractivity contribution in [1.82, 2.24) is 9.47 Å². The number of aryl methyl sites for hydroxylation is 1. The van der Waals surface area contributed by atoms with E-state index in [1.807, 2.05) is 22.6 Å². The third kappa shape index (κ3) is 5.72. The lowest BCUT2D eigenvalue weighted by Gasteiger charge is -2.19. The summed E-state index contributed by atoms with van der Waals surface area (Å²) < 4.78 is 7.73. The maximum atomic E-state index is 12.3. The van der Waals surface area contributed by atoms with Crippen LogP contribution in [0.1, 0.15) is 43.0 Å². The Morgan fingerprint density at radius 1 is 1.13 bits per heavy atom. The lowest BCUT2D eigenvalue weighted by molar-refractivity contribution is -0.128. The molecule has 0 spiro atoms. The summed E-state index contributed by atoms with van der Waals surface area (Å²) in [6.45, 7) is 3.73. The molecule has 0 N–H and O–H groups in total. The van der Waals surface area contributed by atoms with E-state index in [0.29, 0.717) is 22.7 Å². The highest BCUT2D eigenvalue weighted by atomic mass is 32.2. The van der Waals surface area contributed by atoms with Crippen LogP contribution in [-0.2, 0) is 21.4 Å².